The summed E-state index contributed by atoms with van der Waals surface area (Å²) in [7, 11) is 0. The number of ether oxygens (including phenoxy) is 1. The molecular weight excluding hydrogens is 427 g/mol. The van der Waals surface area contributed by atoms with Crippen LogP contribution < -0.4 is 21.7 Å². The van der Waals surface area contributed by atoms with Gasteiger partial charge in [-0.25, -0.2) is 14.2 Å². The summed E-state index contributed by atoms with van der Waals surface area (Å²) in [6, 6.07) is 2.35. The van der Waals surface area contributed by atoms with Crippen LogP contribution in [-0.2, 0) is 4.74 Å². The van der Waals surface area contributed by atoms with E-state index < -0.39 is 23.4 Å². The molecule has 0 aliphatic heterocycles. The van der Waals surface area contributed by atoms with Gasteiger partial charge in [0.15, 0.2) is 11.6 Å². The summed E-state index contributed by atoms with van der Waals surface area (Å²) in [5.74, 6) is -1.44. The number of carbonyl (C=O) groups is 2. The number of carbonyl (C=O) groups excluding carboxylic acids is 2. The van der Waals surface area contributed by atoms with E-state index in [2.05, 4.69) is 25.9 Å². The number of amides is 2. The SMILES string of the molecule is Cc1cncc(Nc2nc(NC3CCCCC3NC(=O)OC(C)(C)C)c(F)cc2C(N)=O)c1. The highest BCUT2D eigenvalue weighted by atomic mass is 19.1. The maximum Gasteiger partial charge on any atom is 0.407 e. The van der Waals surface area contributed by atoms with Crippen molar-refractivity contribution in [2.45, 2.75) is 71.1 Å². The number of halogens is 1. The molecule has 2 unspecified atom stereocenters. The van der Waals surface area contributed by atoms with Crippen LogP contribution in [0.5, 0.6) is 0 Å². The summed E-state index contributed by atoms with van der Waals surface area (Å²) >= 11 is 0. The number of anilines is 3. The van der Waals surface area contributed by atoms with Gasteiger partial charge in [0.05, 0.1) is 23.5 Å². The lowest BCUT2D eigenvalue weighted by molar-refractivity contribution is 0.0488. The van der Waals surface area contributed by atoms with E-state index >= 15 is 0 Å². The molecule has 1 fully saturated rings. The molecule has 2 atom stereocenters. The molecular formula is C23H31FN6O3. The number of aryl methyl sites for hydroxylation is 1. The summed E-state index contributed by atoms with van der Waals surface area (Å²) in [6.07, 6.45) is 6.02. The molecule has 0 spiro atoms. The van der Waals surface area contributed by atoms with Crippen molar-refractivity contribution in [3.63, 3.8) is 0 Å². The molecule has 2 aromatic heterocycles. The third-order valence-electron chi connectivity index (χ3n) is 5.17. The Morgan fingerprint density at radius 3 is 2.45 bits per heavy atom. The van der Waals surface area contributed by atoms with Gasteiger partial charge in [-0.2, -0.15) is 0 Å². The van der Waals surface area contributed by atoms with Gasteiger partial charge in [-0.05, 0) is 58.2 Å². The second-order valence-electron chi connectivity index (χ2n) is 9.24. The number of nitrogens with zero attached hydrogens (tertiary/aromatic N) is 2. The topological polar surface area (TPSA) is 131 Å². The minimum Gasteiger partial charge on any atom is -0.444 e. The Kier molecular flexibility index (Phi) is 7.35. The number of rotatable bonds is 6. The molecule has 1 saturated carbocycles. The molecule has 1 aliphatic rings. The van der Waals surface area contributed by atoms with E-state index in [4.69, 9.17) is 10.5 Å². The van der Waals surface area contributed by atoms with Gasteiger partial charge in [-0.3, -0.25) is 9.78 Å². The van der Waals surface area contributed by atoms with E-state index in [1.165, 1.54) is 0 Å². The number of aromatic nitrogens is 2. The average molecular weight is 459 g/mol. The largest absolute Gasteiger partial charge is 0.444 e. The maximum atomic E-state index is 14.9. The summed E-state index contributed by atoms with van der Waals surface area (Å²) < 4.78 is 20.2. The van der Waals surface area contributed by atoms with Gasteiger partial charge in [0.25, 0.3) is 5.91 Å². The van der Waals surface area contributed by atoms with E-state index in [9.17, 15) is 14.0 Å². The Labute approximate surface area is 192 Å². The number of hydrogen-bond acceptors (Lipinski definition) is 7. The number of nitrogens with two attached hydrogens (primary N) is 1. The normalized spacial score (nSPS) is 18.3. The fourth-order valence-corrected chi connectivity index (χ4v) is 3.74. The predicted octanol–water partition coefficient (Wildman–Crippen LogP) is 4.01. The van der Waals surface area contributed by atoms with Crippen LogP contribution in [0.1, 0.15) is 62.4 Å². The van der Waals surface area contributed by atoms with Crippen LogP contribution >= 0.6 is 0 Å². The quantitative estimate of drug-likeness (QED) is 0.514. The first-order valence-electron chi connectivity index (χ1n) is 11.0. The molecule has 10 heteroatoms. The second kappa shape index (κ2) is 10.0. The number of hydrogen-bond donors (Lipinski definition) is 4. The molecule has 0 radical (unpaired) electrons. The maximum absolute atomic E-state index is 14.9. The third-order valence-corrected chi connectivity index (χ3v) is 5.17. The van der Waals surface area contributed by atoms with Crippen molar-refractivity contribution in [1.82, 2.24) is 15.3 Å². The van der Waals surface area contributed by atoms with E-state index in [1.807, 2.05) is 13.0 Å². The molecule has 3 rings (SSSR count). The molecule has 178 valence electrons. The highest BCUT2D eigenvalue weighted by Gasteiger charge is 2.30. The number of alkyl carbamates (subject to hydrolysis) is 1. The average Bonchev–Trinajstić information content (AvgIpc) is 2.70. The van der Waals surface area contributed by atoms with Crippen molar-refractivity contribution in [3.8, 4) is 0 Å². The molecule has 33 heavy (non-hydrogen) atoms. The Morgan fingerprint density at radius 1 is 1.12 bits per heavy atom. The van der Waals surface area contributed by atoms with E-state index in [0.29, 0.717) is 12.1 Å². The molecule has 0 saturated heterocycles. The zero-order valence-electron chi connectivity index (χ0n) is 19.4. The molecule has 0 bridgehead atoms. The van der Waals surface area contributed by atoms with Gasteiger partial charge in [0.1, 0.15) is 11.4 Å². The summed E-state index contributed by atoms with van der Waals surface area (Å²) in [4.78, 5) is 32.6. The van der Waals surface area contributed by atoms with Crippen molar-refractivity contribution in [1.29, 1.82) is 0 Å². The van der Waals surface area contributed by atoms with Gasteiger partial charge in [-0.15, -0.1) is 0 Å². The second-order valence-corrected chi connectivity index (χ2v) is 9.24. The molecule has 2 amide bonds. The van der Waals surface area contributed by atoms with Crippen LogP contribution in [0.3, 0.4) is 0 Å². The lowest BCUT2D eigenvalue weighted by atomic mass is 9.90. The zero-order valence-corrected chi connectivity index (χ0v) is 19.4. The van der Waals surface area contributed by atoms with Crippen molar-refractivity contribution < 1.29 is 18.7 Å². The fraction of sp³-hybridized carbons (Fsp3) is 0.478. The molecule has 2 heterocycles. The highest BCUT2D eigenvalue weighted by molar-refractivity contribution is 5.98. The molecule has 1 aliphatic carbocycles. The van der Waals surface area contributed by atoms with Crippen LogP contribution in [0.15, 0.2) is 24.5 Å². The Morgan fingerprint density at radius 2 is 1.82 bits per heavy atom. The van der Waals surface area contributed by atoms with Gasteiger partial charge >= 0.3 is 6.09 Å². The zero-order chi connectivity index (χ0) is 24.2. The van der Waals surface area contributed by atoms with Gasteiger partial charge in [0, 0.05) is 12.2 Å². The van der Waals surface area contributed by atoms with E-state index in [1.54, 1.807) is 33.2 Å². The smallest absolute Gasteiger partial charge is 0.407 e. The fourth-order valence-electron chi connectivity index (χ4n) is 3.74. The van der Waals surface area contributed by atoms with E-state index in [0.717, 1.165) is 30.9 Å². The Balaban J connectivity index is 1.83. The van der Waals surface area contributed by atoms with Crippen LogP contribution in [0.2, 0.25) is 0 Å². The van der Waals surface area contributed by atoms with Crippen LogP contribution in [0.25, 0.3) is 0 Å². The number of nitrogens with one attached hydrogen (secondary N) is 3. The molecule has 0 aromatic carbocycles. The summed E-state index contributed by atoms with van der Waals surface area (Å²) in [6.45, 7) is 7.25. The minimum absolute atomic E-state index is 0.0361. The monoisotopic (exact) mass is 458 g/mol. The lowest BCUT2D eigenvalue weighted by Gasteiger charge is -2.34. The summed E-state index contributed by atoms with van der Waals surface area (Å²) in [5, 5.41) is 8.99. The van der Waals surface area contributed by atoms with E-state index in [-0.39, 0.29) is 29.3 Å². The van der Waals surface area contributed by atoms with Crippen molar-refractivity contribution in [2.75, 3.05) is 10.6 Å². The van der Waals surface area contributed by atoms with Crippen molar-refractivity contribution in [2.24, 2.45) is 5.73 Å². The predicted molar refractivity (Wildman–Crippen MR) is 124 cm³/mol. The first kappa shape index (κ1) is 24.2. The molecule has 2 aromatic rings. The lowest BCUT2D eigenvalue weighted by Crippen LogP contribution is -2.50. The first-order chi connectivity index (χ1) is 15.5. The van der Waals surface area contributed by atoms with Crippen molar-refractivity contribution >= 4 is 29.3 Å². The number of primary amides is 1. The van der Waals surface area contributed by atoms with Crippen LogP contribution in [-0.4, -0.2) is 39.7 Å². The van der Waals surface area contributed by atoms with Gasteiger partial charge < -0.3 is 26.4 Å². The standard InChI is InChI=1S/C23H31FN6O3/c1-13-9-14(12-26-11-13)27-20-15(19(25)31)10-16(24)21(30-20)28-17-7-5-6-8-18(17)29-22(32)33-23(2,3)4/h9-12,17-18H,5-8H2,1-4H3,(H2,25,31)(H,29,32)(H2,27,28,30). The highest BCUT2D eigenvalue weighted by Crippen LogP contribution is 2.27. The Hall–Kier alpha value is -3.43. The molecule has 5 N–H and O–H groups in total. The van der Waals surface area contributed by atoms with Crippen LogP contribution in [0, 0.1) is 12.7 Å². The van der Waals surface area contributed by atoms with Crippen molar-refractivity contribution in [3.05, 3.63) is 41.5 Å². The van der Waals surface area contributed by atoms with Gasteiger partial charge in [-0.1, -0.05) is 12.8 Å². The minimum atomic E-state index is -0.807. The van der Waals surface area contributed by atoms with Gasteiger partial charge in [0.2, 0.25) is 0 Å². The number of pyridine rings is 2. The summed E-state index contributed by atoms with van der Waals surface area (Å²) in [5.41, 5.74) is 6.24. The third kappa shape index (κ3) is 6.77. The Bertz CT molecular complexity index is 1020. The molecule has 9 nitrogen and oxygen atoms in total. The first-order valence-corrected chi connectivity index (χ1v) is 11.0. The van der Waals surface area contributed by atoms with Crippen LogP contribution in [0.4, 0.5) is 26.5 Å².